The van der Waals surface area contributed by atoms with Crippen LogP contribution in [0.3, 0.4) is 0 Å². The van der Waals surface area contributed by atoms with Crippen molar-refractivity contribution in [3.63, 3.8) is 0 Å². The van der Waals surface area contributed by atoms with Crippen molar-refractivity contribution < 1.29 is 29.0 Å². The quantitative estimate of drug-likeness (QED) is 0.273. The Labute approximate surface area is 274 Å². The van der Waals surface area contributed by atoms with Crippen molar-refractivity contribution in [2.24, 2.45) is 4.99 Å². The zero-order valence-electron chi connectivity index (χ0n) is 26.5. The number of rotatable bonds is 12. The van der Waals surface area contributed by atoms with E-state index in [1.54, 1.807) is 21.6 Å². The Hall–Kier alpha value is -3.58. The molecule has 246 valence electrons. The van der Waals surface area contributed by atoms with Gasteiger partial charge in [-0.05, 0) is 43.2 Å². The van der Waals surface area contributed by atoms with Gasteiger partial charge in [0.2, 0.25) is 11.8 Å². The molecule has 0 spiro atoms. The van der Waals surface area contributed by atoms with E-state index in [1.165, 1.54) is 6.92 Å². The molecular formula is C34H43N5O6S. The zero-order chi connectivity index (χ0) is 32.5. The van der Waals surface area contributed by atoms with E-state index in [4.69, 9.17) is 14.8 Å². The lowest BCUT2D eigenvalue weighted by Crippen LogP contribution is -2.51. The number of benzene rings is 2. The summed E-state index contributed by atoms with van der Waals surface area (Å²) in [5, 5.41) is 8.93. The summed E-state index contributed by atoms with van der Waals surface area (Å²) in [5.74, 6) is 0.259. The van der Waals surface area contributed by atoms with Crippen molar-refractivity contribution in [1.29, 1.82) is 0 Å². The van der Waals surface area contributed by atoms with Crippen LogP contribution in [0.2, 0.25) is 0 Å². The van der Waals surface area contributed by atoms with Crippen LogP contribution in [-0.2, 0) is 30.3 Å². The number of carbonyl (C=O) groups is 4. The Morgan fingerprint density at radius 1 is 0.848 bits per heavy atom. The molecule has 0 radical (unpaired) electrons. The number of aliphatic imine (C=N–C) groups is 1. The van der Waals surface area contributed by atoms with Crippen LogP contribution >= 0.6 is 11.8 Å². The van der Waals surface area contributed by atoms with E-state index in [9.17, 15) is 19.2 Å². The van der Waals surface area contributed by atoms with Gasteiger partial charge < -0.3 is 24.5 Å². The minimum atomic E-state index is -0.212. The second-order valence-electron chi connectivity index (χ2n) is 11.9. The van der Waals surface area contributed by atoms with Crippen molar-refractivity contribution in [1.82, 2.24) is 19.6 Å². The Morgan fingerprint density at radius 2 is 1.54 bits per heavy atom. The number of aliphatic hydroxyl groups excluding tert-OH is 1. The number of hydrogen-bond acceptors (Lipinski definition) is 10. The van der Waals surface area contributed by atoms with Crippen LogP contribution < -0.4 is 0 Å². The highest BCUT2D eigenvalue weighted by Crippen LogP contribution is 2.41. The summed E-state index contributed by atoms with van der Waals surface area (Å²) in [6, 6.07) is 14.5. The molecule has 3 aliphatic rings. The van der Waals surface area contributed by atoms with E-state index in [2.05, 4.69) is 34.1 Å². The van der Waals surface area contributed by atoms with Crippen LogP contribution in [0.15, 0.2) is 57.2 Å². The molecule has 0 aliphatic carbocycles. The largest absolute Gasteiger partial charge is 0.394 e. The van der Waals surface area contributed by atoms with Gasteiger partial charge in [0.25, 0.3) is 0 Å². The first-order valence-corrected chi connectivity index (χ1v) is 16.8. The van der Waals surface area contributed by atoms with Gasteiger partial charge in [0.05, 0.1) is 38.3 Å². The molecule has 2 amide bonds. The summed E-state index contributed by atoms with van der Waals surface area (Å²) < 4.78 is 5.45. The van der Waals surface area contributed by atoms with Gasteiger partial charge in [0.1, 0.15) is 17.4 Å². The lowest BCUT2D eigenvalue weighted by atomic mass is 10.0. The number of amides is 2. The molecule has 2 aromatic carbocycles. The predicted octanol–water partition coefficient (Wildman–Crippen LogP) is 2.40. The fourth-order valence-corrected chi connectivity index (χ4v) is 6.97. The highest BCUT2D eigenvalue weighted by Gasteiger charge is 2.27. The first-order valence-electron chi connectivity index (χ1n) is 16.0. The third kappa shape index (κ3) is 9.03. The fraction of sp³-hybridized carbons (Fsp3) is 0.500. The van der Waals surface area contributed by atoms with Gasteiger partial charge in [0.15, 0.2) is 0 Å². The van der Waals surface area contributed by atoms with Crippen molar-refractivity contribution in [2.45, 2.75) is 42.4 Å². The van der Waals surface area contributed by atoms with E-state index in [1.807, 2.05) is 18.2 Å². The van der Waals surface area contributed by atoms with Gasteiger partial charge in [-0.25, -0.2) is 4.99 Å². The average Bonchev–Trinajstić information content (AvgIpc) is 3.22. The number of carbonyl (C=O) groups excluding carboxylic acids is 4. The molecule has 2 aromatic rings. The summed E-state index contributed by atoms with van der Waals surface area (Å²) in [4.78, 5) is 64.3. The minimum Gasteiger partial charge on any atom is -0.394 e. The molecule has 3 heterocycles. The Bertz CT molecular complexity index is 1450. The monoisotopic (exact) mass is 649 g/mol. The number of ether oxygens (including phenoxy) is 1. The number of fused-ring (bicyclic) bond motifs is 2. The SMILES string of the molecule is CC(=O)CC(=O)N1CCN(C(=O)CC(=O)CCc2ccc3c(c2)Sc2ccccc2N=C3N2CCN(CCOCCO)CC2)CC1. The number of Topliss-reactive ketones (excluding diaryl/α,β-unsaturated/α-hetero) is 2. The number of hydrogen-bond donors (Lipinski definition) is 1. The molecule has 11 nitrogen and oxygen atoms in total. The molecule has 1 N–H and O–H groups in total. The summed E-state index contributed by atoms with van der Waals surface area (Å²) in [5.41, 5.74) is 3.06. The second kappa shape index (κ2) is 16.3. The highest BCUT2D eigenvalue weighted by atomic mass is 32.2. The van der Waals surface area contributed by atoms with E-state index in [0.717, 1.165) is 65.2 Å². The summed E-state index contributed by atoms with van der Waals surface area (Å²) in [7, 11) is 0. The van der Waals surface area contributed by atoms with E-state index in [-0.39, 0.29) is 49.3 Å². The van der Waals surface area contributed by atoms with E-state index < -0.39 is 0 Å². The van der Waals surface area contributed by atoms with Gasteiger partial charge in [-0.1, -0.05) is 30.0 Å². The molecule has 0 bridgehead atoms. The predicted molar refractivity (Wildman–Crippen MR) is 176 cm³/mol. The van der Waals surface area contributed by atoms with Crippen LogP contribution in [0.25, 0.3) is 0 Å². The van der Waals surface area contributed by atoms with Crippen molar-refractivity contribution in [2.75, 3.05) is 78.7 Å². The number of aliphatic hydroxyl groups is 1. The number of piperazine rings is 2. The first-order chi connectivity index (χ1) is 22.3. The van der Waals surface area contributed by atoms with Gasteiger partial charge in [-0.3, -0.25) is 24.1 Å². The zero-order valence-corrected chi connectivity index (χ0v) is 27.3. The normalized spacial score (nSPS) is 16.7. The molecule has 0 unspecified atom stereocenters. The number of ketones is 2. The Kier molecular flexibility index (Phi) is 12.0. The lowest BCUT2D eigenvalue weighted by Gasteiger charge is -2.36. The van der Waals surface area contributed by atoms with E-state index >= 15 is 0 Å². The molecule has 12 heteroatoms. The standard InChI is InChI=1S/C34H43N5O6S/c1-25(41)22-32(43)37-14-16-38(17-15-37)33(44)24-27(42)8-6-26-7-9-28-31(23-26)46-30-5-3-2-4-29(30)35-34(28)39-12-10-36(11-13-39)18-20-45-21-19-40/h2-5,7,9,23,40H,6,8,10-22,24H2,1H3. The maximum absolute atomic E-state index is 12.9. The lowest BCUT2D eigenvalue weighted by molar-refractivity contribution is -0.142. The summed E-state index contributed by atoms with van der Waals surface area (Å²) in [6.45, 7) is 8.24. The molecule has 46 heavy (non-hydrogen) atoms. The minimum absolute atomic E-state index is 0.0400. The van der Waals surface area contributed by atoms with Gasteiger partial charge in [-0.15, -0.1) is 0 Å². The molecule has 2 fully saturated rings. The maximum atomic E-state index is 12.9. The van der Waals surface area contributed by atoms with Crippen LogP contribution in [0.1, 0.15) is 37.3 Å². The topological polar surface area (TPSA) is 123 Å². The first kappa shape index (κ1) is 33.8. The van der Waals surface area contributed by atoms with Gasteiger partial charge >= 0.3 is 0 Å². The third-order valence-corrected chi connectivity index (χ3v) is 9.61. The van der Waals surface area contributed by atoms with Crippen LogP contribution in [0.4, 0.5) is 5.69 Å². The molecular weight excluding hydrogens is 606 g/mol. The number of nitrogens with zero attached hydrogens (tertiary/aromatic N) is 5. The van der Waals surface area contributed by atoms with Crippen molar-refractivity contribution >= 4 is 46.7 Å². The number of aryl methyl sites for hydroxylation is 1. The second-order valence-corrected chi connectivity index (χ2v) is 12.9. The number of amidine groups is 1. The number of para-hydroxylation sites is 1. The van der Waals surface area contributed by atoms with Crippen LogP contribution in [0, 0.1) is 0 Å². The van der Waals surface area contributed by atoms with Gasteiger partial charge in [-0.2, -0.15) is 0 Å². The Balaban J connectivity index is 1.17. The van der Waals surface area contributed by atoms with E-state index in [0.29, 0.717) is 45.8 Å². The third-order valence-electron chi connectivity index (χ3n) is 8.48. The Morgan fingerprint density at radius 3 is 2.24 bits per heavy atom. The van der Waals surface area contributed by atoms with Gasteiger partial charge in [0, 0.05) is 80.7 Å². The summed E-state index contributed by atoms with van der Waals surface area (Å²) in [6.07, 6.45) is 0.547. The molecule has 3 aliphatic heterocycles. The molecule has 0 aromatic heterocycles. The fourth-order valence-electron chi connectivity index (χ4n) is 5.89. The van der Waals surface area contributed by atoms with Crippen LogP contribution in [0.5, 0.6) is 0 Å². The molecule has 5 rings (SSSR count). The maximum Gasteiger partial charge on any atom is 0.230 e. The van der Waals surface area contributed by atoms with Crippen molar-refractivity contribution in [3.05, 3.63) is 53.6 Å². The van der Waals surface area contributed by atoms with Crippen LogP contribution in [-0.4, -0.2) is 133 Å². The molecule has 0 atom stereocenters. The summed E-state index contributed by atoms with van der Waals surface area (Å²) >= 11 is 1.69. The molecule has 2 saturated heterocycles. The smallest absolute Gasteiger partial charge is 0.230 e. The average molecular weight is 650 g/mol. The molecule has 0 saturated carbocycles. The highest BCUT2D eigenvalue weighted by molar-refractivity contribution is 7.99. The van der Waals surface area contributed by atoms with Crippen molar-refractivity contribution in [3.8, 4) is 0 Å².